The molecule has 1 aliphatic carbocycles. The number of hydrogen-bond acceptors (Lipinski definition) is 5. The van der Waals surface area contributed by atoms with Crippen LogP contribution in [0.25, 0.3) is 10.9 Å². The van der Waals surface area contributed by atoms with Crippen LogP contribution >= 0.6 is 0 Å². The first-order chi connectivity index (χ1) is 20.6. The highest BCUT2D eigenvalue weighted by atomic mass is 16.3. The monoisotopic (exact) mass is 568 g/mol. The molecule has 0 saturated carbocycles. The number of phenolic OH excluding ortho intramolecular Hbond substituents is 1. The molecule has 1 aromatic carbocycles. The highest BCUT2D eigenvalue weighted by molar-refractivity contribution is 5.90. The molecule has 1 aromatic heterocycles. The molecule has 0 amide bonds. The van der Waals surface area contributed by atoms with Crippen LogP contribution in [0.5, 0.6) is 5.75 Å². The van der Waals surface area contributed by atoms with E-state index in [1.165, 1.54) is 55.5 Å². The Bertz CT molecular complexity index is 1420. The van der Waals surface area contributed by atoms with Gasteiger partial charge in [0.1, 0.15) is 5.75 Å². The number of rotatable bonds is 1. The van der Waals surface area contributed by atoms with Crippen LogP contribution in [0.1, 0.15) is 81.5 Å². The van der Waals surface area contributed by atoms with E-state index in [4.69, 9.17) is 0 Å². The number of nitrogens with one attached hydrogen (secondary N) is 2. The van der Waals surface area contributed by atoms with Crippen LogP contribution < -0.4 is 5.32 Å². The Kier molecular flexibility index (Phi) is 6.90. The molecular formula is C36H48N4O2. The maximum Gasteiger partial charge on any atom is 0.139 e. The van der Waals surface area contributed by atoms with Gasteiger partial charge < -0.3 is 25.4 Å². The standard InChI is InChI=1S/C36H48N4O2/c41-30-14-11-13-26-27-15-18-37-32(33(27)38-31(26)30)28-23-36(42)17-8-4-1-2-5-9-19-39-21-16-29(28)35(24-39)22-25-12-7-3-6-10-20-40(25)34(35)36/h1,4,7,11-14,23,25,29,32,34,37-38,41-42H,2-3,5-6,8-10,15-22,24H2/b4-1-,12-7-/t25-,29+,32?,34+,35-,36-/m0/s1. The number of H-pyrrole nitrogens is 1. The van der Waals surface area contributed by atoms with E-state index >= 15 is 0 Å². The zero-order valence-corrected chi connectivity index (χ0v) is 25.0. The second-order valence-electron chi connectivity index (χ2n) is 14.2. The highest BCUT2D eigenvalue weighted by Gasteiger charge is 2.66. The number of phenols is 1. The molecule has 6 heteroatoms. The van der Waals surface area contributed by atoms with Crippen molar-refractivity contribution in [3.05, 3.63) is 65.4 Å². The summed E-state index contributed by atoms with van der Waals surface area (Å²) in [5.41, 5.74) is 3.91. The van der Waals surface area contributed by atoms with Crippen molar-refractivity contribution >= 4 is 10.9 Å². The van der Waals surface area contributed by atoms with Crippen molar-refractivity contribution in [2.24, 2.45) is 11.3 Å². The second-order valence-corrected chi connectivity index (χ2v) is 14.2. The lowest BCUT2D eigenvalue weighted by Crippen LogP contribution is -2.66. The van der Waals surface area contributed by atoms with Gasteiger partial charge in [0.2, 0.25) is 0 Å². The van der Waals surface area contributed by atoms with E-state index in [0.717, 1.165) is 75.6 Å². The fourth-order valence-electron chi connectivity index (χ4n) is 10.2. The van der Waals surface area contributed by atoms with Crippen LogP contribution in [-0.4, -0.2) is 75.4 Å². The Morgan fingerprint density at radius 2 is 1.81 bits per heavy atom. The number of nitrogens with zero attached hydrogens (tertiary/aromatic N) is 2. The summed E-state index contributed by atoms with van der Waals surface area (Å²) < 4.78 is 0. The summed E-state index contributed by atoms with van der Waals surface area (Å²) in [6.07, 6.45) is 24.2. The summed E-state index contributed by atoms with van der Waals surface area (Å²) in [4.78, 5) is 9.21. The number of benzene rings is 1. The molecule has 2 unspecified atom stereocenters. The smallest absolute Gasteiger partial charge is 0.139 e. The lowest BCUT2D eigenvalue weighted by Gasteiger charge is -2.59. The van der Waals surface area contributed by atoms with E-state index in [9.17, 15) is 10.2 Å². The lowest BCUT2D eigenvalue weighted by atomic mass is 9.54. The summed E-state index contributed by atoms with van der Waals surface area (Å²) in [5.74, 6) is 0.744. The topological polar surface area (TPSA) is 74.8 Å². The molecular weight excluding hydrogens is 520 g/mol. The minimum Gasteiger partial charge on any atom is -0.506 e. The number of piperidine rings is 1. The number of para-hydroxylation sites is 1. The number of allylic oxidation sites excluding steroid dienone is 3. The maximum atomic E-state index is 13.1. The van der Waals surface area contributed by atoms with Gasteiger partial charge in [-0.25, -0.2) is 0 Å². The van der Waals surface area contributed by atoms with Gasteiger partial charge in [-0.05, 0) is 113 Å². The Hall–Kier alpha value is -2.38. The Balaban J connectivity index is 1.30. The van der Waals surface area contributed by atoms with Crippen molar-refractivity contribution in [2.75, 3.05) is 32.7 Å². The van der Waals surface area contributed by atoms with Gasteiger partial charge in [-0.2, -0.15) is 0 Å². The Labute approximate surface area is 250 Å². The van der Waals surface area contributed by atoms with E-state index in [0.29, 0.717) is 17.7 Å². The molecule has 224 valence electrons. The maximum absolute atomic E-state index is 13.1. The van der Waals surface area contributed by atoms with Gasteiger partial charge in [-0.3, -0.25) is 4.90 Å². The first kappa shape index (κ1) is 27.2. The van der Waals surface area contributed by atoms with Gasteiger partial charge in [0.15, 0.2) is 0 Å². The fourth-order valence-corrected chi connectivity index (χ4v) is 10.2. The molecule has 0 radical (unpaired) electrons. The van der Waals surface area contributed by atoms with Gasteiger partial charge in [-0.15, -0.1) is 0 Å². The van der Waals surface area contributed by atoms with Gasteiger partial charge in [-0.1, -0.05) is 42.5 Å². The normalized spacial score (nSPS) is 40.3. The molecule has 8 rings (SSSR count). The summed E-state index contributed by atoms with van der Waals surface area (Å²) >= 11 is 0. The second kappa shape index (κ2) is 10.7. The highest BCUT2D eigenvalue weighted by Crippen LogP contribution is 2.61. The minimum absolute atomic E-state index is 0.0155. The van der Waals surface area contributed by atoms with Crippen LogP contribution in [0.15, 0.2) is 54.2 Å². The molecule has 3 bridgehead atoms. The third-order valence-corrected chi connectivity index (χ3v) is 11.8. The van der Waals surface area contributed by atoms with E-state index < -0.39 is 5.60 Å². The van der Waals surface area contributed by atoms with Gasteiger partial charge >= 0.3 is 0 Å². The van der Waals surface area contributed by atoms with Crippen LogP contribution in [0.2, 0.25) is 0 Å². The molecule has 2 fully saturated rings. The van der Waals surface area contributed by atoms with Crippen LogP contribution in [0.3, 0.4) is 0 Å². The number of aromatic nitrogens is 1. The van der Waals surface area contributed by atoms with Crippen molar-refractivity contribution in [2.45, 2.75) is 94.4 Å². The van der Waals surface area contributed by atoms with Crippen LogP contribution in [-0.2, 0) is 6.42 Å². The zero-order chi connectivity index (χ0) is 28.3. The quantitative estimate of drug-likeness (QED) is 0.330. The molecule has 6 aliphatic rings. The van der Waals surface area contributed by atoms with Crippen molar-refractivity contribution in [3.8, 4) is 5.75 Å². The van der Waals surface area contributed by atoms with Crippen LogP contribution in [0.4, 0.5) is 0 Å². The first-order valence-corrected chi connectivity index (χ1v) is 16.9. The average Bonchev–Trinajstić information content (AvgIpc) is 3.50. The fraction of sp³-hybridized carbons (Fsp3) is 0.611. The summed E-state index contributed by atoms with van der Waals surface area (Å²) in [6, 6.07) is 6.47. The number of fused-ring (bicyclic) bond motifs is 5. The van der Waals surface area contributed by atoms with Crippen molar-refractivity contribution < 1.29 is 10.2 Å². The largest absolute Gasteiger partial charge is 0.506 e. The van der Waals surface area contributed by atoms with Gasteiger partial charge in [0.05, 0.1) is 23.2 Å². The van der Waals surface area contributed by atoms with Crippen molar-refractivity contribution in [1.29, 1.82) is 0 Å². The average molecular weight is 569 g/mol. The molecule has 6 heterocycles. The summed E-state index contributed by atoms with van der Waals surface area (Å²) in [5, 5.41) is 28.9. The number of hydrogen-bond donors (Lipinski definition) is 4. The zero-order valence-electron chi connectivity index (χ0n) is 25.0. The molecule has 5 aliphatic heterocycles. The van der Waals surface area contributed by atoms with E-state index in [1.807, 2.05) is 6.07 Å². The Morgan fingerprint density at radius 3 is 2.74 bits per heavy atom. The lowest BCUT2D eigenvalue weighted by molar-refractivity contribution is -0.0984. The molecule has 6 nitrogen and oxygen atoms in total. The SMILES string of the molecule is Oc1cccc2c3c([nH]c12)C(C1=C[C@@]2(O)CC/C=C\CCCCN4CC[C@H]1[C@]1(C[C@@H]5/C=C\CCCCN5[C@H]12)C4)NCC3. The molecule has 2 saturated heterocycles. The van der Waals surface area contributed by atoms with Crippen molar-refractivity contribution in [1.82, 2.24) is 20.1 Å². The van der Waals surface area contributed by atoms with Gasteiger partial charge in [0.25, 0.3) is 0 Å². The van der Waals surface area contributed by atoms with Gasteiger partial charge in [0, 0.05) is 35.6 Å². The first-order valence-electron chi connectivity index (χ1n) is 16.9. The van der Waals surface area contributed by atoms with Crippen LogP contribution in [0, 0.1) is 11.3 Å². The molecule has 7 atom stereocenters. The minimum atomic E-state index is -0.886. The van der Waals surface area contributed by atoms with E-state index in [-0.39, 0.29) is 17.5 Å². The number of aliphatic hydroxyl groups is 1. The molecule has 42 heavy (non-hydrogen) atoms. The third-order valence-electron chi connectivity index (χ3n) is 11.8. The molecule has 4 N–H and O–H groups in total. The molecule has 1 spiro atoms. The predicted octanol–water partition coefficient (Wildman–Crippen LogP) is 5.74. The van der Waals surface area contributed by atoms with E-state index in [2.05, 4.69) is 56.5 Å². The summed E-state index contributed by atoms with van der Waals surface area (Å²) in [7, 11) is 0. The molecule has 2 aromatic rings. The van der Waals surface area contributed by atoms with E-state index in [1.54, 1.807) is 6.07 Å². The number of aromatic hydroxyl groups is 1. The number of aromatic amines is 1. The summed E-state index contributed by atoms with van der Waals surface area (Å²) in [6.45, 7) is 5.38. The third kappa shape index (κ3) is 4.28. The predicted molar refractivity (Wildman–Crippen MR) is 169 cm³/mol. The Morgan fingerprint density at radius 1 is 0.952 bits per heavy atom. The van der Waals surface area contributed by atoms with Crippen molar-refractivity contribution in [3.63, 3.8) is 0 Å².